The molecule has 1 N–H and O–H groups in total. The van der Waals surface area contributed by atoms with E-state index in [9.17, 15) is 0 Å². The molecule has 0 fully saturated rings. The number of rotatable bonds is 7. The van der Waals surface area contributed by atoms with E-state index in [1.807, 2.05) is 0 Å². The van der Waals surface area contributed by atoms with E-state index in [2.05, 4.69) is 44.8 Å². The lowest BCUT2D eigenvalue weighted by Gasteiger charge is -2.29. The summed E-state index contributed by atoms with van der Waals surface area (Å²) >= 11 is 5.44. The van der Waals surface area contributed by atoms with E-state index in [0.717, 1.165) is 24.7 Å². The van der Waals surface area contributed by atoms with Crippen LogP contribution in [0.2, 0.25) is 0 Å². The van der Waals surface area contributed by atoms with Gasteiger partial charge in [0.2, 0.25) is 0 Å². The number of nitrogens with zero attached hydrogens (tertiary/aromatic N) is 1. The Balaban J connectivity index is 4.10. The number of hydrogen-bond donors (Lipinski definition) is 1. The Morgan fingerprint density at radius 3 is 2.00 bits per heavy atom. The second kappa shape index (κ2) is 8.80. The molecule has 0 aliphatic rings. The van der Waals surface area contributed by atoms with Gasteiger partial charge in [-0.1, -0.05) is 41.0 Å². The Morgan fingerprint density at radius 1 is 1.12 bits per heavy atom. The summed E-state index contributed by atoms with van der Waals surface area (Å²) < 4.78 is 0. The van der Waals surface area contributed by atoms with Crippen LogP contribution in [-0.2, 0) is 0 Å². The molecule has 0 aromatic heterocycles. The van der Waals surface area contributed by atoms with Crippen molar-refractivity contribution in [2.24, 2.45) is 11.8 Å². The van der Waals surface area contributed by atoms with Crippen LogP contribution in [0.4, 0.5) is 0 Å². The van der Waals surface area contributed by atoms with Crippen molar-refractivity contribution in [3.8, 4) is 0 Å². The van der Waals surface area contributed by atoms with Crippen LogP contribution >= 0.6 is 12.2 Å². The van der Waals surface area contributed by atoms with Gasteiger partial charge < -0.3 is 10.2 Å². The Hall–Kier alpha value is -0.310. The van der Waals surface area contributed by atoms with Crippen molar-refractivity contribution in [3.63, 3.8) is 0 Å². The Morgan fingerprint density at radius 2 is 1.62 bits per heavy atom. The van der Waals surface area contributed by atoms with Crippen LogP contribution in [0.1, 0.15) is 47.5 Å². The molecule has 0 unspecified atom stereocenters. The SMILES string of the molecule is CCCCNC(=S)N(CC(C)C)CC(C)C. The van der Waals surface area contributed by atoms with Crippen LogP contribution < -0.4 is 5.32 Å². The third kappa shape index (κ3) is 7.91. The second-order valence-corrected chi connectivity index (χ2v) is 5.66. The van der Waals surface area contributed by atoms with E-state index in [1.165, 1.54) is 12.8 Å². The molecule has 0 atom stereocenters. The maximum Gasteiger partial charge on any atom is 0.168 e. The molecule has 0 heterocycles. The maximum atomic E-state index is 5.44. The van der Waals surface area contributed by atoms with Gasteiger partial charge in [0, 0.05) is 19.6 Å². The molecular weight excluding hydrogens is 216 g/mol. The van der Waals surface area contributed by atoms with Gasteiger partial charge in [-0.05, 0) is 30.5 Å². The lowest BCUT2D eigenvalue weighted by molar-refractivity contribution is 0.324. The van der Waals surface area contributed by atoms with E-state index in [4.69, 9.17) is 12.2 Å². The highest BCUT2D eigenvalue weighted by atomic mass is 32.1. The van der Waals surface area contributed by atoms with Crippen molar-refractivity contribution in [3.05, 3.63) is 0 Å². The fraction of sp³-hybridized carbons (Fsp3) is 0.923. The average molecular weight is 244 g/mol. The molecule has 0 aromatic rings. The molecule has 16 heavy (non-hydrogen) atoms. The first-order valence-corrected chi connectivity index (χ1v) is 6.90. The molecule has 0 aromatic carbocycles. The molecular formula is C13H28N2S. The van der Waals surface area contributed by atoms with Gasteiger partial charge in [-0.3, -0.25) is 0 Å². The highest BCUT2D eigenvalue weighted by molar-refractivity contribution is 7.80. The Labute approximate surface area is 107 Å². The fourth-order valence-corrected chi connectivity index (χ4v) is 1.86. The summed E-state index contributed by atoms with van der Waals surface area (Å²) in [6.07, 6.45) is 2.40. The zero-order chi connectivity index (χ0) is 12.6. The largest absolute Gasteiger partial charge is 0.363 e. The summed E-state index contributed by atoms with van der Waals surface area (Å²) in [7, 11) is 0. The van der Waals surface area contributed by atoms with Crippen LogP contribution in [0, 0.1) is 11.8 Å². The fourth-order valence-electron chi connectivity index (χ4n) is 1.61. The average Bonchev–Trinajstić information content (AvgIpc) is 2.15. The summed E-state index contributed by atoms with van der Waals surface area (Å²) in [5.74, 6) is 1.31. The molecule has 0 bridgehead atoms. The minimum absolute atomic E-state index is 0.657. The normalized spacial score (nSPS) is 10.9. The number of hydrogen-bond acceptors (Lipinski definition) is 1. The quantitative estimate of drug-likeness (QED) is 0.546. The Kier molecular flexibility index (Phi) is 8.63. The minimum Gasteiger partial charge on any atom is -0.363 e. The summed E-state index contributed by atoms with van der Waals surface area (Å²) in [5, 5.41) is 4.28. The molecule has 96 valence electrons. The van der Waals surface area contributed by atoms with Crippen LogP contribution in [0.15, 0.2) is 0 Å². The third-order valence-electron chi connectivity index (χ3n) is 2.26. The van der Waals surface area contributed by atoms with E-state index in [1.54, 1.807) is 0 Å². The molecule has 0 radical (unpaired) electrons. The van der Waals surface area contributed by atoms with E-state index < -0.39 is 0 Å². The lowest BCUT2D eigenvalue weighted by atomic mass is 10.1. The smallest absolute Gasteiger partial charge is 0.168 e. The second-order valence-electron chi connectivity index (χ2n) is 5.28. The van der Waals surface area contributed by atoms with E-state index in [-0.39, 0.29) is 0 Å². The van der Waals surface area contributed by atoms with Gasteiger partial charge in [-0.15, -0.1) is 0 Å². The Bertz CT molecular complexity index is 180. The molecule has 0 aliphatic heterocycles. The standard InChI is InChI=1S/C13H28N2S/c1-6-7-8-14-13(16)15(9-11(2)3)10-12(4)5/h11-12H,6-10H2,1-5H3,(H,14,16). The molecule has 2 nitrogen and oxygen atoms in total. The molecule has 0 saturated carbocycles. The minimum atomic E-state index is 0.657. The predicted molar refractivity (Wildman–Crippen MR) is 76.8 cm³/mol. The first-order chi connectivity index (χ1) is 7.47. The number of thiocarbonyl (C=S) groups is 1. The predicted octanol–water partition coefficient (Wildman–Crippen LogP) is 3.28. The monoisotopic (exact) mass is 244 g/mol. The van der Waals surface area contributed by atoms with Crippen molar-refractivity contribution >= 4 is 17.3 Å². The number of unbranched alkanes of at least 4 members (excludes halogenated alkanes) is 1. The number of nitrogens with one attached hydrogen (secondary N) is 1. The molecule has 3 heteroatoms. The van der Waals surface area contributed by atoms with E-state index in [0.29, 0.717) is 11.8 Å². The van der Waals surface area contributed by atoms with Crippen molar-refractivity contribution in [2.45, 2.75) is 47.5 Å². The molecule has 0 aliphatic carbocycles. The summed E-state index contributed by atoms with van der Waals surface area (Å²) in [4.78, 5) is 2.31. The summed E-state index contributed by atoms with van der Waals surface area (Å²) in [5.41, 5.74) is 0. The van der Waals surface area contributed by atoms with Crippen LogP contribution in [0.5, 0.6) is 0 Å². The van der Waals surface area contributed by atoms with Gasteiger partial charge in [0.15, 0.2) is 5.11 Å². The highest BCUT2D eigenvalue weighted by Gasteiger charge is 2.12. The summed E-state index contributed by atoms with van der Waals surface area (Å²) in [6.45, 7) is 14.3. The van der Waals surface area contributed by atoms with Gasteiger partial charge in [0.25, 0.3) is 0 Å². The van der Waals surface area contributed by atoms with Crippen molar-refractivity contribution in [1.82, 2.24) is 10.2 Å². The lowest BCUT2D eigenvalue weighted by Crippen LogP contribution is -2.43. The van der Waals surface area contributed by atoms with Crippen LogP contribution in [0.25, 0.3) is 0 Å². The van der Waals surface area contributed by atoms with Crippen molar-refractivity contribution in [1.29, 1.82) is 0 Å². The van der Waals surface area contributed by atoms with Gasteiger partial charge in [-0.25, -0.2) is 0 Å². The topological polar surface area (TPSA) is 15.3 Å². The first kappa shape index (κ1) is 15.7. The van der Waals surface area contributed by atoms with Gasteiger partial charge >= 0.3 is 0 Å². The third-order valence-corrected chi connectivity index (χ3v) is 2.67. The van der Waals surface area contributed by atoms with Crippen LogP contribution in [0.3, 0.4) is 0 Å². The molecule has 0 rings (SSSR count). The molecule has 0 saturated heterocycles. The van der Waals surface area contributed by atoms with Gasteiger partial charge in [0.05, 0.1) is 0 Å². The maximum absolute atomic E-state index is 5.44. The van der Waals surface area contributed by atoms with Gasteiger partial charge in [-0.2, -0.15) is 0 Å². The van der Waals surface area contributed by atoms with Crippen molar-refractivity contribution < 1.29 is 0 Å². The molecule has 0 spiro atoms. The van der Waals surface area contributed by atoms with Crippen LogP contribution in [-0.4, -0.2) is 29.6 Å². The summed E-state index contributed by atoms with van der Waals surface area (Å²) in [6, 6.07) is 0. The van der Waals surface area contributed by atoms with Gasteiger partial charge in [0.1, 0.15) is 0 Å². The van der Waals surface area contributed by atoms with E-state index >= 15 is 0 Å². The zero-order valence-electron chi connectivity index (χ0n) is 11.5. The first-order valence-electron chi connectivity index (χ1n) is 6.50. The zero-order valence-corrected chi connectivity index (χ0v) is 12.4. The van der Waals surface area contributed by atoms with Crippen molar-refractivity contribution in [2.75, 3.05) is 19.6 Å². The molecule has 0 amide bonds. The highest BCUT2D eigenvalue weighted by Crippen LogP contribution is 2.04.